The fourth-order valence-corrected chi connectivity index (χ4v) is 3.41. The fraction of sp³-hybridized carbons (Fsp3) is 0.217. The molecule has 0 saturated carbocycles. The molecule has 0 bridgehead atoms. The SMILES string of the molecule is [B]c1c(OCc2ccccc2)ccn(-c2ccc(C(=O)N3CCNCC3)cc2)c1=O. The summed E-state index contributed by atoms with van der Waals surface area (Å²) in [5.74, 6) is 0.352. The number of aromatic nitrogens is 1. The van der Waals surface area contributed by atoms with Gasteiger partial charge >= 0.3 is 0 Å². The fourth-order valence-electron chi connectivity index (χ4n) is 3.41. The van der Waals surface area contributed by atoms with Gasteiger partial charge in [0.15, 0.2) is 0 Å². The van der Waals surface area contributed by atoms with E-state index in [1.165, 1.54) is 4.57 Å². The van der Waals surface area contributed by atoms with Gasteiger partial charge in [0.2, 0.25) is 0 Å². The van der Waals surface area contributed by atoms with Crippen LogP contribution in [0.3, 0.4) is 0 Å². The van der Waals surface area contributed by atoms with Gasteiger partial charge in [0, 0.05) is 49.1 Å². The van der Waals surface area contributed by atoms with Gasteiger partial charge in [-0.1, -0.05) is 30.3 Å². The van der Waals surface area contributed by atoms with Gasteiger partial charge in [0.05, 0.1) is 0 Å². The molecule has 6 nitrogen and oxygen atoms in total. The van der Waals surface area contributed by atoms with Crippen molar-refractivity contribution in [1.29, 1.82) is 0 Å². The summed E-state index contributed by atoms with van der Waals surface area (Å²) in [6.07, 6.45) is 1.63. The quantitative estimate of drug-likeness (QED) is 0.657. The topological polar surface area (TPSA) is 63.6 Å². The molecular formula is C23H22BN3O3. The Kier molecular flexibility index (Phi) is 6.00. The van der Waals surface area contributed by atoms with Crippen LogP contribution < -0.4 is 21.1 Å². The highest BCUT2D eigenvalue weighted by atomic mass is 16.5. The van der Waals surface area contributed by atoms with Crippen LogP contribution in [0.15, 0.2) is 71.7 Å². The molecule has 2 aromatic carbocycles. The van der Waals surface area contributed by atoms with Crippen molar-refractivity contribution in [3.63, 3.8) is 0 Å². The molecule has 0 unspecified atom stereocenters. The maximum Gasteiger partial charge on any atom is 0.253 e. The molecule has 7 heteroatoms. The monoisotopic (exact) mass is 399 g/mol. The Bertz CT molecular complexity index is 1080. The molecule has 4 rings (SSSR count). The predicted octanol–water partition coefficient (Wildman–Crippen LogP) is 1.26. The molecule has 2 radical (unpaired) electrons. The third-order valence-electron chi connectivity index (χ3n) is 5.12. The number of carbonyl (C=O) groups is 1. The first-order valence-electron chi connectivity index (χ1n) is 9.92. The summed E-state index contributed by atoms with van der Waals surface area (Å²) < 4.78 is 7.17. The summed E-state index contributed by atoms with van der Waals surface area (Å²) in [7, 11) is 6.04. The molecule has 1 N–H and O–H groups in total. The molecule has 0 atom stereocenters. The second-order valence-electron chi connectivity index (χ2n) is 7.13. The molecule has 1 saturated heterocycles. The second kappa shape index (κ2) is 9.01. The van der Waals surface area contributed by atoms with Gasteiger partial charge in [-0.15, -0.1) is 0 Å². The predicted molar refractivity (Wildman–Crippen MR) is 117 cm³/mol. The third kappa shape index (κ3) is 4.31. The Morgan fingerprint density at radius 3 is 2.40 bits per heavy atom. The van der Waals surface area contributed by atoms with E-state index >= 15 is 0 Å². The van der Waals surface area contributed by atoms with Crippen LogP contribution in [0.1, 0.15) is 15.9 Å². The lowest BCUT2D eigenvalue weighted by molar-refractivity contribution is 0.0736. The number of nitrogens with zero attached hydrogens (tertiary/aromatic N) is 2. The van der Waals surface area contributed by atoms with Crippen LogP contribution >= 0.6 is 0 Å². The van der Waals surface area contributed by atoms with E-state index < -0.39 is 0 Å². The number of pyridine rings is 1. The van der Waals surface area contributed by atoms with E-state index in [9.17, 15) is 9.59 Å². The Morgan fingerprint density at radius 2 is 1.70 bits per heavy atom. The first-order valence-corrected chi connectivity index (χ1v) is 9.92. The van der Waals surface area contributed by atoms with Crippen molar-refractivity contribution in [2.75, 3.05) is 26.2 Å². The molecule has 2 heterocycles. The molecule has 3 aromatic rings. The normalized spacial score (nSPS) is 13.8. The highest BCUT2D eigenvalue weighted by molar-refractivity contribution is 6.33. The number of rotatable bonds is 5. The number of hydrogen-bond acceptors (Lipinski definition) is 4. The second-order valence-corrected chi connectivity index (χ2v) is 7.13. The van der Waals surface area contributed by atoms with E-state index in [0.717, 1.165) is 18.7 Å². The molecule has 1 fully saturated rings. The lowest BCUT2D eigenvalue weighted by Gasteiger charge is -2.27. The summed E-state index contributed by atoms with van der Waals surface area (Å²) >= 11 is 0. The first-order chi connectivity index (χ1) is 14.6. The minimum absolute atomic E-state index is 0.000397. The maximum atomic E-state index is 12.7. The van der Waals surface area contributed by atoms with Crippen molar-refractivity contribution in [2.24, 2.45) is 0 Å². The van der Waals surface area contributed by atoms with Crippen molar-refractivity contribution in [1.82, 2.24) is 14.8 Å². The summed E-state index contributed by atoms with van der Waals surface area (Å²) in [5.41, 5.74) is 1.92. The minimum atomic E-state index is -0.359. The Balaban J connectivity index is 1.50. The van der Waals surface area contributed by atoms with Crippen LogP contribution in [0, 0.1) is 0 Å². The van der Waals surface area contributed by atoms with Crippen molar-refractivity contribution in [3.8, 4) is 11.4 Å². The van der Waals surface area contributed by atoms with Crippen LogP contribution in [0.25, 0.3) is 5.69 Å². The molecule has 1 amide bonds. The van der Waals surface area contributed by atoms with Crippen molar-refractivity contribution in [3.05, 3.63) is 88.3 Å². The minimum Gasteiger partial charge on any atom is -0.489 e. The lowest BCUT2D eigenvalue weighted by Crippen LogP contribution is -2.46. The third-order valence-corrected chi connectivity index (χ3v) is 5.12. The number of amides is 1. The van der Waals surface area contributed by atoms with Crippen molar-refractivity contribution >= 4 is 19.2 Å². The van der Waals surface area contributed by atoms with Gasteiger partial charge in [0.25, 0.3) is 11.5 Å². The summed E-state index contributed by atoms with van der Waals surface area (Å²) in [4.78, 5) is 27.2. The number of ether oxygens (including phenoxy) is 1. The largest absolute Gasteiger partial charge is 0.489 e. The van der Waals surface area contributed by atoms with Crippen LogP contribution in [0.4, 0.5) is 0 Å². The standard InChI is InChI=1S/C23H22BN3O3/c24-21-20(30-16-17-4-2-1-3-5-17)10-13-27(23(21)29)19-8-6-18(7-9-19)22(28)26-14-11-25-12-15-26/h1-10,13,25H,11-12,14-16H2. The maximum absolute atomic E-state index is 12.7. The summed E-state index contributed by atoms with van der Waals surface area (Å²) in [6.45, 7) is 3.33. The zero-order chi connectivity index (χ0) is 20.9. The number of benzene rings is 2. The van der Waals surface area contributed by atoms with E-state index in [0.29, 0.717) is 36.7 Å². The number of hydrogen-bond donors (Lipinski definition) is 1. The zero-order valence-electron chi connectivity index (χ0n) is 16.6. The Hall–Kier alpha value is -3.32. The first kappa shape index (κ1) is 20.0. The highest BCUT2D eigenvalue weighted by Crippen LogP contribution is 2.13. The van der Waals surface area contributed by atoms with E-state index in [4.69, 9.17) is 12.6 Å². The smallest absolute Gasteiger partial charge is 0.253 e. The van der Waals surface area contributed by atoms with Gasteiger partial charge in [-0.05, 0) is 35.9 Å². The van der Waals surface area contributed by atoms with Gasteiger partial charge in [0.1, 0.15) is 20.2 Å². The number of piperazine rings is 1. The van der Waals surface area contributed by atoms with Crippen molar-refractivity contribution in [2.45, 2.75) is 6.61 Å². The average molecular weight is 399 g/mol. The van der Waals surface area contributed by atoms with Gasteiger partial charge in [-0.25, -0.2) is 0 Å². The molecule has 1 aliphatic rings. The number of nitrogens with one attached hydrogen (secondary N) is 1. The van der Waals surface area contributed by atoms with E-state index in [-0.39, 0.29) is 16.9 Å². The van der Waals surface area contributed by atoms with E-state index in [2.05, 4.69) is 5.32 Å². The van der Waals surface area contributed by atoms with E-state index in [1.807, 2.05) is 35.2 Å². The molecule has 30 heavy (non-hydrogen) atoms. The average Bonchev–Trinajstić information content (AvgIpc) is 2.81. The lowest BCUT2D eigenvalue weighted by atomic mass is 9.96. The van der Waals surface area contributed by atoms with Gasteiger partial charge in [-0.3, -0.25) is 14.2 Å². The van der Waals surface area contributed by atoms with E-state index in [1.54, 1.807) is 36.5 Å². The van der Waals surface area contributed by atoms with Gasteiger partial charge < -0.3 is 15.0 Å². The number of carbonyl (C=O) groups excluding carboxylic acids is 1. The van der Waals surface area contributed by atoms with Crippen LogP contribution in [-0.2, 0) is 6.61 Å². The zero-order valence-corrected chi connectivity index (χ0v) is 16.6. The molecular weight excluding hydrogens is 377 g/mol. The Labute approximate surface area is 176 Å². The van der Waals surface area contributed by atoms with Crippen LogP contribution in [-0.4, -0.2) is 49.4 Å². The summed E-state index contributed by atoms with van der Waals surface area (Å²) in [5, 5.41) is 3.23. The van der Waals surface area contributed by atoms with Crippen LogP contribution in [0.5, 0.6) is 5.75 Å². The Morgan fingerprint density at radius 1 is 1.00 bits per heavy atom. The molecule has 1 aromatic heterocycles. The molecule has 0 aliphatic carbocycles. The summed E-state index contributed by atoms with van der Waals surface area (Å²) in [6, 6.07) is 18.3. The molecule has 0 spiro atoms. The van der Waals surface area contributed by atoms with Crippen LogP contribution in [0.2, 0.25) is 0 Å². The van der Waals surface area contributed by atoms with Crippen molar-refractivity contribution < 1.29 is 9.53 Å². The van der Waals surface area contributed by atoms with Gasteiger partial charge in [-0.2, -0.15) is 0 Å². The molecule has 1 aliphatic heterocycles. The highest BCUT2D eigenvalue weighted by Gasteiger charge is 2.18. The molecule has 150 valence electrons.